The summed E-state index contributed by atoms with van der Waals surface area (Å²) >= 11 is 0. The van der Waals surface area contributed by atoms with Crippen LogP contribution in [-0.2, 0) is 7.05 Å². The molecule has 0 saturated heterocycles. The van der Waals surface area contributed by atoms with Gasteiger partial charge in [-0.15, -0.1) is 0 Å². The van der Waals surface area contributed by atoms with Crippen LogP contribution in [0.15, 0.2) is 6.07 Å². The van der Waals surface area contributed by atoms with Gasteiger partial charge in [-0.2, -0.15) is 0 Å². The van der Waals surface area contributed by atoms with Gasteiger partial charge in [-0.05, 0) is 14.5 Å². The van der Waals surface area contributed by atoms with Crippen molar-refractivity contribution >= 4 is 11.6 Å². The zero-order valence-corrected chi connectivity index (χ0v) is 6.00. The fourth-order valence-electron chi connectivity index (χ4n) is 0.703. The lowest BCUT2D eigenvalue weighted by atomic mass is 10.6. The molecule has 0 unspecified atom stereocenters. The minimum Gasteiger partial charge on any atom is -0.358 e. The van der Waals surface area contributed by atoms with Crippen molar-refractivity contribution in [3.8, 4) is 0 Å². The second kappa shape index (κ2) is 2.57. The van der Waals surface area contributed by atoms with E-state index in [0.29, 0.717) is 0 Å². The Bertz CT molecular complexity index is 343. The number of hydrogen-bond donors (Lipinski definition) is 0. The predicted molar refractivity (Wildman–Crippen MR) is 36.5 cm³/mol. The molecule has 0 fully saturated rings. The zero-order valence-electron chi connectivity index (χ0n) is 6.00. The smallest absolute Gasteiger partial charge is 0.358 e. The molecular formula is C4H4N4O4. The maximum absolute atomic E-state index is 10.2. The van der Waals surface area contributed by atoms with Gasteiger partial charge in [0.25, 0.3) is 0 Å². The van der Waals surface area contributed by atoms with Gasteiger partial charge in [0.05, 0.1) is 0 Å². The molecule has 0 bridgehead atoms. The molecule has 0 saturated carbocycles. The molecule has 8 nitrogen and oxygen atoms in total. The van der Waals surface area contributed by atoms with Gasteiger partial charge >= 0.3 is 11.6 Å². The molecule has 1 rings (SSSR count). The second-order valence-corrected chi connectivity index (χ2v) is 2.00. The number of aromatic nitrogens is 2. The highest BCUT2D eigenvalue weighted by molar-refractivity contribution is 5.31. The first-order valence-corrected chi connectivity index (χ1v) is 2.85. The Morgan fingerprint density at radius 3 is 2.25 bits per heavy atom. The highest BCUT2D eigenvalue weighted by atomic mass is 16.6. The van der Waals surface area contributed by atoms with E-state index in [2.05, 4.69) is 5.10 Å². The number of aryl methyl sites for hydroxylation is 1. The lowest BCUT2D eigenvalue weighted by molar-refractivity contribution is -0.395. The predicted octanol–water partition coefficient (Wildman–Crippen LogP) is 0.236. The van der Waals surface area contributed by atoms with Crippen molar-refractivity contribution in [1.29, 1.82) is 0 Å². The van der Waals surface area contributed by atoms with Crippen molar-refractivity contribution < 1.29 is 9.85 Å². The lowest BCUT2D eigenvalue weighted by Crippen LogP contribution is -1.98. The molecule has 0 aliphatic carbocycles. The molecule has 0 radical (unpaired) electrons. The maximum Gasteiger partial charge on any atom is 0.420 e. The number of nitrogens with zero attached hydrogens (tertiary/aromatic N) is 4. The molecule has 0 aliphatic heterocycles. The summed E-state index contributed by atoms with van der Waals surface area (Å²) in [4.78, 5) is 18.8. The van der Waals surface area contributed by atoms with Crippen LogP contribution in [0.5, 0.6) is 0 Å². The van der Waals surface area contributed by atoms with Gasteiger partial charge in [0.1, 0.15) is 18.2 Å². The molecular weight excluding hydrogens is 168 g/mol. The zero-order chi connectivity index (χ0) is 9.30. The van der Waals surface area contributed by atoms with Gasteiger partial charge in [0, 0.05) is 0 Å². The van der Waals surface area contributed by atoms with E-state index >= 15 is 0 Å². The van der Waals surface area contributed by atoms with E-state index in [9.17, 15) is 20.2 Å². The molecule has 0 aromatic carbocycles. The summed E-state index contributed by atoms with van der Waals surface area (Å²) in [6.07, 6.45) is 0. The van der Waals surface area contributed by atoms with E-state index in [1.807, 2.05) is 0 Å². The van der Waals surface area contributed by atoms with Crippen LogP contribution in [0.3, 0.4) is 0 Å². The summed E-state index contributed by atoms with van der Waals surface area (Å²) in [6, 6.07) is 0.806. The van der Waals surface area contributed by atoms with Crippen molar-refractivity contribution in [2.75, 3.05) is 0 Å². The van der Waals surface area contributed by atoms with Crippen molar-refractivity contribution in [3.05, 3.63) is 26.3 Å². The van der Waals surface area contributed by atoms with E-state index < -0.39 is 21.5 Å². The van der Waals surface area contributed by atoms with Crippen molar-refractivity contribution in [2.45, 2.75) is 0 Å². The summed E-state index contributed by atoms with van der Waals surface area (Å²) in [6.45, 7) is 0. The fraction of sp³-hybridized carbons (Fsp3) is 0.250. The standard InChI is InChI=1S/C4H4N4O4/c1-6-4(8(11)12)2-3(5-6)7(9)10/h2H,1H3. The maximum atomic E-state index is 10.2. The topological polar surface area (TPSA) is 104 Å². The Labute approximate surface area is 65.7 Å². The van der Waals surface area contributed by atoms with Crippen LogP contribution in [0.1, 0.15) is 0 Å². The molecule has 1 aromatic heterocycles. The monoisotopic (exact) mass is 172 g/mol. The van der Waals surface area contributed by atoms with Gasteiger partial charge in [-0.25, -0.2) is 0 Å². The van der Waals surface area contributed by atoms with Gasteiger partial charge in [-0.1, -0.05) is 0 Å². The molecule has 0 N–H and O–H groups in total. The van der Waals surface area contributed by atoms with Crippen LogP contribution in [0.2, 0.25) is 0 Å². The molecule has 1 aromatic rings. The molecule has 1 heterocycles. The second-order valence-electron chi connectivity index (χ2n) is 2.00. The third-order valence-electron chi connectivity index (χ3n) is 1.22. The lowest BCUT2D eigenvalue weighted by Gasteiger charge is -1.86. The minimum absolute atomic E-state index is 0.401. The summed E-state index contributed by atoms with van der Waals surface area (Å²) in [5.41, 5.74) is 0. The Morgan fingerprint density at radius 1 is 1.42 bits per heavy atom. The SMILES string of the molecule is Cn1nc([N+](=O)[O-])cc1[N+](=O)[O-]. The van der Waals surface area contributed by atoms with Crippen molar-refractivity contribution in [3.63, 3.8) is 0 Å². The van der Waals surface area contributed by atoms with Crippen molar-refractivity contribution in [1.82, 2.24) is 9.78 Å². The number of hydrogen-bond acceptors (Lipinski definition) is 5. The van der Waals surface area contributed by atoms with Gasteiger partial charge in [0.2, 0.25) is 0 Å². The Balaban J connectivity index is 3.17. The fourth-order valence-corrected chi connectivity index (χ4v) is 0.703. The first kappa shape index (κ1) is 8.11. The Kier molecular flexibility index (Phi) is 1.73. The Morgan fingerprint density at radius 2 is 2.00 bits per heavy atom. The van der Waals surface area contributed by atoms with E-state index in [0.717, 1.165) is 10.7 Å². The van der Waals surface area contributed by atoms with Crippen LogP contribution < -0.4 is 0 Å². The molecule has 0 aliphatic rings. The first-order chi connectivity index (χ1) is 5.52. The highest BCUT2D eigenvalue weighted by Crippen LogP contribution is 2.16. The average Bonchev–Trinajstić information content (AvgIpc) is 2.30. The third kappa shape index (κ3) is 1.21. The molecule has 8 heteroatoms. The third-order valence-corrected chi connectivity index (χ3v) is 1.22. The van der Waals surface area contributed by atoms with Gasteiger partial charge < -0.3 is 20.2 Å². The van der Waals surface area contributed by atoms with Crippen LogP contribution in [0, 0.1) is 20.2 Å². The van der Waals surface area contributed by atoms with Crippen molar-refractivity contribution in [2.24, 2.45) is 7.05 Å². The summed E-state index contributed by atoms with van der Waals surface area (Å²) < 4.78 is 0.845. The molecule has 0 atom stereocenters. The van der Waals surface area contributed by atoms with E-state index in [1.165, 1.54) is 7.05 Å². The molecule has 12 heavy (non-hydrogen) atoms. The normalized spacial score (nSPS) is 9.75. The summed E-state index contributed by atoms with van der Waals surface area (Å²) in [7, 11) is 1.27. The largest absolute Gasteiger partial charge is 0.420 e. The minimum atomic E-state index is -0.785. The van der Waals surface area contributed by atoms with Gasteiger partial charge in [0.15, 0.2) is 0 Å². The van der Waals surface area contributed by atoms with Crippen LogP contribution in [0.4, 0.5) is 11.6 Å². The molecule has 0 spiro atoms. The average molecular weight is 172 g/mol. The van der Waals surface area contributed by atoms with E-state index in [-0.39, 0.29) is 0 Å². The first-order valence-electron chi connectivity index (χ1n) is 2.85. The Hall–Kier alpha value is -1.99. The van der Waals surface area contributed by atoms with Gasteiger partial charge in [-0.3, -0.25) is 0 Å². The highest BCUT2D eigenvalue weighted by Gasteiger charge is 2.24. The number of rotatable bonds is 2. The van der Waals surface area contributed by atoms with Crippen LogP contribution >= 0.6 is 0 Å². The summed E-state index contributed by atoms with van der Waals surface area (Å²) in [5.74, 6) is -0.925. The van der Waals surface area contributed by atoms with Crippen LogP contribution in [0.25, 0.3) is 0 Å². The van der Waals surface area contributed by atoms with E-state index in [1.54, 1.807) is 0 Å². The quantitative estimate of drug-likeness (QED) is 0.469. The molecule has 64 valence electrons. The van der Waals surface area contributed by atoms with E-state index in [4.69, 9.17) is 0 Å². The number of nitro groups is 2. The molecule has 0 amide bonds. The summed E-state index contributed by atoms with van der Waals surface area (Å²) in [5, 5.41) is 23.6. The van der Waals surface area contributed by atoms with Crippen LogP contribution in [-0.4, -0.2) is 19.6 Å².